The Morgan fingerprint density at radius 3 is 2.52 bits per heavy atom. The summed E-state index contributed by atoms with van der Waals surface area (Å²) in [6.07, 6.45) is 1.60. The van der Waals surface area contributed by atoms with Crippen LogP contribution in [0, 0.1) is 0 Å². The zero-order valence-electron chi connectivity index (χ0n) is 11.6. The molecule has 106 valence electrons. The van der Waals surface area contributed by atoms with Gasteiger partial charge in [0.25, 0.3) is 0 Å². The summed E-state index contributed by atoms with van der Waals surface area (Å²) in [5, 5.41) is 4.37. The number of esters is 1. The van der Waals surface area contributed by atoms with Crippen molar-refractivity contribution in [3.63, 3.8) is 0 Å². The van der Waals surface area contributed by atoms with Gasteiger partial charge in [-0.25, -0.2) is 14.3 Å². The smallest absolute Gasteiger partial charge is 0.339 e. The van der Waals surface area contributed by atoms with Crippen LogP contribution in [0.15, 0.2) is 42.6 Å². The highest BCUT2D eigenvalue weighted by Gasteiger charge is 2.10. The number of aromatic nitrogens is 3. The minimum atomic E-state index is -0.404. The molecule has 0 aliphatic rings. The van der Waals surface area contributed by atoms with Crippen molar-refractivity contribution in [3.8, 4) is 17.1 Å². The highest BCUT2D eigenvalue weighted by molar-refractivity contribution is 5.89. The molecule has 0 fully saturated rings. The lowest BCUT2D eigenvalue weighted by Gasteiger charge is -1.99. The zero-order chi connectivity index (χ0) is 14.8. The molecule has 0 aliphatic heterocycles. The second-order valence-electron chi connectivity index (χ2n) is 4.38. The van der Waals surface area contributed by atoms with E-state index in [2.05, 4.69) is 14.8 Å². The first-order chi connectivity index (χ1) is 10.2. The van der Waals surface area contributed by atoms with Crippen LogP contribution in [0.25, 0.3) is 17.0 Å². The van der Waals surface area contributed by atoms with E-state index in [1.165, 1.54) is 7.11 Å². The van der Waals surface area contributed by atoms with Crippen LogP contribution in [0.5, 0.6) is 5.75 Å². The molecule has 0 N–H and O–H groups in total. The highest BCUT2D eigenvalue weighted by atomic mass is 16.5. The van der Waals surface area contributed by atoms with Crippen LogP contribution in [0.4, 0.5) is 0 Å². The maximum absolute atomic E-state index is 11.5. The summed E-state index contributed by atoms with van der Waals surface area (Å²) in [6.45, 7) is 0. The van der Waals surface area contributed by atoms with E-state index in [0.717, 1.165) is 11.3 Å². The van der Waals surface area contributed by atoms with Gasteiger partial charge in [-0.05, 0) is 36.4 Å². The van der Waals surface area contributed by atoms with Crippen LogP contribution in [0.3, 0.4) is 0 Å². The topological polar surface area (TPSA) is 65.7 Å². The standard InChI is InChI=1S/C15H13N3O3/c1-20-12-6-3-10(4-7-12)14-16-13-8-5-11(15(19)21-2)9-18(13)17-14/h3-9H,1-2H3. The second kappa shape index (κ2) is 5.24. The average molecular weight is 283 g/mol. The summed E-state index contributed by atoms with van der Waals surface area (Å²) in [4.78, 5) is 15.9. The number of hydrogen-bond acceptors (Lipinski definition) is 5. The number of nitrogens with zero attached hydrogens (tertiary/aromatic N) is 3. The van der Waals surface area contributed by atoms with Crippen molar-refractivity contribution in [1.82, 2.24) is 14.6 Å². The molecular weight excluding hydrogens is 270 g/mol. The van der Waals surface area contributed by atoms with E-state index in [9.17, 15) is 4.79 Å². The lowest BCUT2D eigenvalue weighted by Crippen LogP contribution is -2.03. The van der Waals surface area contributed by atoms with Gasteiger partial charge in [-0.1, -0.05) is 0 Å². The molecule has 3 rings (SSSR count). The third-order valence-corrected chi connectivity index (χ3v) is 3.10. The lowest BCUT2D eigenvalue weighted by atomic mass is 10.2. The molecule has 0 radical (unpaired) electrons. The van der Waals surface area contributed by atoms with Gasteiger partial charge in [-0.15, -0.1) is 5.10 Å². The summed E-state index contributed by atoms with van der Waals surface area (Å²) in [7, 11) is 2.96. The van der Waals surface area contributed by atoms with Crippen LogP contribution in [-0.4, -0.2) is 34.8 Å². The Bertz CT molecular complexity index is 794. The Morgan fingerprint density at radius 1 is 1.10 bits per heavy atom. The van der Waals surface area contributed by atoms with Crippen molar-refractivity contribution in [1.29, 1.82) is 0 Å². The average Bonchev–Trinajstić information content (AvgIpc) is 2.97. The van der Waals surface area contributed by atoms with E-state index >= 15 is 0 Å². The predicted molar refractivity (Wildman–Crippen MR) is 76.3 cm³/mol. The minimum absolute atomic E-state index is 0.404. The van der Waals surface area contributed by atoms with Crippen molar-refractivity contribution in [2.24, 2.45) is 0 Å². The normalized spacial score (nSPS) is 10.6. The van der Waals surface area contributed by atoms with Crippen LogP contribution in [0.2, 0.25) is 0 Å². The summed E-state index contributed by atoms with van der Waals surface area (Å²) >= 11 is 0. The van der Waals surface area contributed by atoms with Gasteiger partial charge < -0.3 is 9.47 Å². The Balaban J connectivity index is 2.01. The molecule has 2 aromatic heterocycles. The van der Waals surface area contributed by atoms with Crippen LogP contribution < -0.4 is 4.74 Å². The maximum atomic E-state index is 11.5. The number of pyridine rings is 1. The summed E-state index contributed by atoms with van der Waals surface area (Å²) in [5.74, 6) is 0.952. The molecule has 0 aliphatic carbocycles. The van der Waals surface area contributed by atoms with Crippen molar-refractivity contribution >= 4 is 11.6 Å². The molecule has 0 saturated carbocycles. The van der Waals surface area contributed by atoms with Crippen molar-refractivity contribution in [2.45, 2.75) is 0 Å². The third kappa shape index (κ3) is 2.43. The summed E-state index contributed by atoms with van der Waals surface area (Å²) < 4.78 is 11.4. The zero-order valence-corrected chi connectivity index (χ0v) is 11.6. The van der Waals surface area contributed by atoms with E-state index in [0.29, 0.717) is 17.0 Å². The number of rotatable bonds is 3. The van der Waals surface area contributed by atoms with Crippen LogP contribution in [0.1, 0.15) is 10.4 Å². The number of methoxy groups -OCH3 is 2. The fourth-order valence-corrected chi connectivity index (χ4v) is 1.98. The molecular formula is C15H13N3O3. The Kier molecular flexibility index (Phi) is 3.27. The lowest BCUT2D eigenvalue weighted by molar-refractivity contribution is 0.0600. The molecule has 3 aromatic rings. The Morgan fingerprint density at radius 2 is 1.86 bits per heavy atom. The summed E-state index contributed by atoms with van der Waals surface area (Å²) in [5.41, 5.74) is 1.96. The van der Waals surface area contributed by atoms with Gasteiger partial charge in [0, 0.05) is 11.8 Å². The number of ether oxygens (including phenoxy) is 2. The van der Waals surface area contributed by atoms with E-state index < -0.39 is 5.97 Å². The van der Waals surface area contributed by atoms with Gasteiger partial charge in [0.1, 0.15) is 5.75 Å². The van der Waals surface area contributed by atoms with Crippen LogP contribution in [-0.2, 0) is 4.74 Å². The molecule has 0 bridgehead atoms. The monoisotopic (exact) mass is 283 g/mol. The second-order valence-corrected chi connectivity index (χ2v) is 4.38. The first kappa shape index (κ1) is 13.1. The van der Waals surface area contributed by atoms with Gasteiger partial charge in [-0.2, -0.15) is 0 Å². The van der Waals surface area contributed by atoms with Gasteiger partial charge in [0.2, 0.25) is 0 Å². The molecule has 1 aromatic carbocycles. The molecule has 6 heteroatoms. The largest absolute Gasteiger partial charge is 0.497 e. The quantitative estimate of drug-likeness (QED) is 0.689. The molecule has 21 heavy (non-hydrogen) atoms. The van der Waals surface area contributed by atoms with E-state index in [1.807, 2.05) is 24.3 Å². The molecule has 0 saturated heterocycles. The van der Waals surface area contributed by atoms with Gasteiger partial charge in [-0.3, -0.25) is 0 Å². The molecule has 6 nitrogen and oxygen atoms in total. The Labute approximate surface area is 120 Å². The maximum Gasteiger partial charge on any atom is 0.339 e. The number of hydrogen-bond donors (Lipinski definition) is 0. The highest BCUT2D eigenvalue weighted by Crippen LogP contribution is 2.20. The molecule has 0 amide bonds. The first-order valence-electron chi connectivity index (χ1n) is 6.30. The van der Waals surface area contributed by atoms with Gasteiger partial charge in [0.15, 0.2) is 11.5 Å². The molecule has 2 heterocycles. The molecule has 0 atom stereocenters. The van der Waals surface area contributed by atoms with Crippen LogP contribution >= 0.6 is 0 Å². The molecule has 0 spiro atoms. The molecule has 0 unspecified atom stereocenters. The first-order valence-corrected chi connectivity index (χ1v) is 6.30. The van der Waals surface area contributed by atoms with E-state index in [1.54, 1.807) is 30.0 Å². The third-order valence-electron chi connectivity index (χ3n) is 3.10. The number of carbonyl (C=O) groups excluding carboxylic acids is 1. The van der Waals surface area contributed by atoms with Crippen molar-refractivity contribution in [2.75, 3.05) is 14.2 Å². The SMILES string of the molecule is COC(=O)c1ccc2nc(-c3ccc(OC)cc3)nn2c1. The number of fused-ring (bicyclic) bond motifs is 1. The Hall–Kier alpha value is -2.89. The fraction of sp³-hybridized carbons (Fsp3) is 0.133. The van der Waals surface area contributed by atoms with Gasteiger partial charge in [0.05, 0.1) is 19.8 Å². The van der Waals surface area contributed by atoms with Crippen molar-refractivity contribution < 1.29 is 14.3 Å². The predicted octanol–water partition coefficient (Wildman–Crippen LogP) is 2.19. The summed E-state index contributed by atoms with van der Waals surface area (Å²) in [6, 6.07) is 10.9. The number of benzene rings is 1. The van der Waals surface area contributed by atoms with Gasteiger partial charge >= 0.3 is 5.97 Å². The van der Waals surface area contributed by atoms with E-state index in [4.69, 9.17) is 4.74 Å². The number of carbonyl (C=O) groups is 1. The van der Waals surface area contributed by atoms with Crippen molar-refractivity contribution in [3.05, 3.63) is 48.2 Å². The minimum Gasteiger partial charge on any atom is -0.497 e. The fourth-order valence-electron chi connectivity index (χ4n) is 1.98. The van der Waals surface area contributed by atoms with E-state index in [-0.39, 0.29) is 0 Å².